The largest absolute Gasteiger partial charge is 0.395 e. The van der Waals surface area contributed by atoms with Gasteiger partial charge in [0.25, 0.3) is 0 Å². The summed E-state index contributed by atoms with van der Waals surface area (Å²) in [4.78, 5) is 4.31. The molecule has 0 aliphatic heterocycles. The maximum absolute atomic E-state index is 8.74. The van der Waals surface area contributed by atoms with Crippen molar-refractivity contribution in [2.24, 2.45) is 5.92 Å². The molecule has 1 fully saturated rings. The monoisotopic (exact) mass is 198 g/mol. The molecule has 0 bridgehead atoms. The fourth-order valence-corrected chi connectivity index (χ4v) is 2.30. The third kappa shape index (κ3) is 2.27. The zero-order valence-electron chi connectivity index (χ0n) is 7.44. The van der Waals surface area contributed by atoms with E-state index in [2.05, 4.69) is 10.3 Å². The Morgan fingerprint density at radius 2 is 2.54 bits per heavy atom. The van der Waals surface area contributed by atoms with Crippen molar-refractivity contribution in [1.29, 1.82) is 0 Å². The third-order valence-corrected chi connectivity index (χ3v) is 3.15. The van der Waals surface area contributed by atoms with Crippen LogP contribution in [-0.4, -0.2) is 23.2 Å². The molecule has 0 radical (unpaired) electrons. The highest BCUT2D eigenvalue weighted by molar-refractivity contribution is 7.09. The van der Waals surface area contributed by atoms with E-state index in [1.807, 2.05) is 11.6 Å². The van der Waals surface area contributed by atoms with Crippen molar-refractivity contribution >= 4 is 11.3 Å². The molecule has 1 aromatic heterocycles. The molecule has 1 unspecified atom stereocenters. The van der Waals surface area contributed by atoms with E-state index in [4.69, 9.17) is 5.11 Å². The number of hydrogen-bond acceptors (Lipinski definition) is 4. The summed E-state index contributed by atoms with van der Waals surface area (Å²) in [5.41, 5.74) is 0. The van der Waals surface area contributed by atoms with Gasteiger partial charge in [-0.3, -0.25) is 0 Å². The van der Waals surface area contributed by atoms with E-state index in [-0.39, 0.29) is 6.61 Å². The van der Waals surface area contributed by atoms with E-state index in [1.54, 1.807) is 11.3 Å². The van der Waals surface area contributed by atoms with Crippen LogP contribution in [0.25, 0.3) is 0 Å². The lowest BCUT2D eigenvalue weighted by molar-refractivity contribution is 0.280. The Morgan fingerprint density at radius 3 is 3.08 bits per heavy atom. The first kappa shape index (κ1) is 9.12. The molecule has 4 heteroatoms. The van der Waals surface area contributed by atoms with E-state index in [9.17, 15) is 0 Å². The predicted molar refractivity (Wildman–Crippen MR) is 52.7 cm³/mol. The molecule has 0 spiro atoms. The van der Waals surface area contributed by atoms with Crippen LogP contribution in [0.2, 0.25) is 0 Å². The van der Waals surface area contributed by atoms with Gasteiger partial charge in [0, 0.05) is 18.1 Å². The first-order valence-corrected chi connectivity index (χ1v) is 5.53. The Bertz CT molecular complexity index is 246. The molecule has 2 rings (SSSR count). The van der Waals surface area contributed by atoms with Crippen LogP contribution in [0.15, 0.2) is 11.6 Å². The van der Waals surface area contributed by atoms with Crippen LogP contribution in [0, 0.1) is 5.92 Å². The molecule has 3 nitrogen and oxygen atoms in total. The number of nitrogens with zero attached hydrogens (tertiary/aromatic N) is 1. The van der Waals surface area contributed by atoms with Crippen molar-refractivity contribution in [3.05, 3.63) is 16.6 Å². The first-order chi connectivity index (χ1) is 6.42. The predicted octanol–water partition coefficient (Wildman–Crippen LogP) is 1.18. The summed E-state index contributed by atoms with van der Waals surface area (Å²) in [6.45, 7) is 0.870. The fourth-order valence-electron chi connectivity index (χ4n) is 1.49. The van der Waals surface area contributed by atoms with E-state index in [0.29, 0.717) is 12.6 Å². The second-order valence-electron chi connectivity index (χ2n) is 3.36. The number of aliphatic hydroxyl groups excluding tert-OH is 1. The van der Waals surface area contributed by atoms with E-state index in [0.717, 1.165) is 10.9 Å². The zero-order valence-corrected chi connectivity index (χ0v) is 8.26. The Labute approximate surface area is 81.8 Å². The maximum Gasteiger partial charge on any atom is 0.110 e. The molecule has 0 aromatic carbocycles. The summed E-state index contributed by atoms with van der Waals surface area (Å²) in [5, 5.41) is 15.2. The van der Waals surface area contributed by atoms with Crippen molar-refractivity contribution in [3.8, 4) is 0 Å². The smallest absolute Gasteiger partial charge is 0.110 e. The molecular formula is C9H14N2OS. The van der Waals surface area contributed by atoms with Gasteiger partial charge in [-0.15, -0.1) is 11.3 Å². The second-order valence-corrected chi connectivity index (χ2v) is 4.29. The minimum Gasteiger partial charge on any atom is -0.395 e. The molecular weight excluding hydrogens is 184 g/mol. The second kappa shape index (κ2) is 4.17. The Hall–Kier alpha value is -0.450. The SMILES string of the molecule is OCCNC(c1nccs1)C1CC1. The van der Waals surface area contributed by atoms with Gasteiger partial charge in [-0.25, -0.2) is 4.98 Å². The topological polar surface area (TPSA) is 45.1 Å². The van der Waals surface area contributed by atoms with Crippen LogP contribution in [-0.2, 0) is 0 Å². The van der Waals surface area contributed by atoms with Crippen LogP contribution in [0.3, 0.4) is 0 Å². The third-order valence-electron chi connectivity index (χ3n) is 2.29. The molecule has 1 atom stereocenters. The van der Waals surface area contributed by atoms with Gasteiger partial charge in [0.1, 0.15) is 5.01 Å². The van der Waals surface area contributed by atoms with Crippen LogP contribution in [0.4, 0.5) is 0 Å². The lowest BCUT2D eigenvalue weighted by Crippen LogP contribution is -2.25. The average molecular weight is 198 g/mol. The molecule has 1 saturated carbocycles. The highest BCUT2D eigenvalue weighted by atomic mass is 32.1. The number of aliphatic hydroxyl groups is 1. The van der Waals surface area contributed by atoms with Crippen molar-refractivity contribution in [2.45, 2.75) is 18.9 Å². The van der Waals surface area contributed by atoms with E-state index >= 15 is 0 Å². The van der Waals surface area contributed by atoms with Gasteiger partial charge in [-0.05, 0) is 18.8 Å². The van der Waals surface area contributed by atoms with Gasteiger partial charge in [0.15, 0.2) is 0 Å². The van der Waals surface area contributed by atoms with Gasteiger partial charge >= 0.3 is 0 Å². The van der Waals surface area contributed by atoms with Crippen LogP contribution in [0.5, 0.6) is 0 Å². The Morgan fingerprint density at radius 1 is 1.69 bits per heavy atom. The summed E-state index contributed by atoms with van der Waals surface area (Å²) in [7, 11) is 0. The van der Waals surface area contributed by atoms with E-state index in [1.165, 1.54) is 12.8 Å². The maximum atomic E-state index is 8.74. The summed E-state index contributed by atoms with van der Waals surface area (Å²) in [6, 6.07) is 0.382. The van der Waals surface area contributed by atoms with Crippen molar-refractivity contribution < 1.29 is 5.11 Å². The molecule has 1 aliphatic rings. The molecule has 0 saturated heterocycles. The number of aromatic nitrogens is 1. The van der Waals surface area contributed by atoms with Crippen molar-refractivity contribution in [2.75, 3.05) is 13.2 Å². The normalized spacial score (nSPS) is 18.8. The van der Waals surface area contributed by atoms with Crippen molar-refractivity contribution in [3.63, 3.8) is 0 Å². The zero-order chi connectivity index (χ0) is 9.10. The van der Waals surface area contributed by atoms with Gasteiger partial charge in [-0.1, -0.05) is 0 Å². The molecule has 72 valence electrons. The minimum atomic E-state index is 0.203. The quantitative estimate of drug-likeness (QED) is 0.746. The molecule has 1 heterocycles. The fraction of sp³-hybridized carbons (Fsp3) is 0.667. The average Bonchev–Trinajstić information content (AvgIpc) is 2.82. The molecule has 1 aromatic rings. The highest BCUT2D eigenvalue weighted by Gasteiger charge is 2.33. The summed E-state index contributed by atoms with van der Waals surface area (Å²) in [6.07, 6.45) is 4.43. The van der Waals surface area contributed by atoms with Crippen LogP contribution < -0.4 is 5.32 Å². The Kier molecular flexibility index (Phi) is 2.93. The lowest BCUT2D eigenvalue weighted by atomic mass is 10.2. The lowest BCUT2D eigenvalue weighted by Gasteiger charge is -2.14. The molecule has 1 aliphatic carbocycles. The van der Waals surface area contributed by atoms with Gasteiger partial charge in [-0.2, -0.15) is 0 Å². The standard InChI is InChI=1S/C9H14N2OS/c12-5-3-10-8(7-1-2-7)9-11-4-6-13-9/h4,6-8,10,12H,1-3,5H2. The van der Waals surface area contributed by atoms with Crippen LogP contribution in [0.1, 0.15) is 23.9 Å². The number of thiazole rings is 1. The highest BCUT2D eigenvalue weighted by Crippen LogP contribution is 2.41. The summed E-state index contributed by atoms with van der Waals surface area (Å²) < 4.78 is 0. The van der Waals surface area contributed by atoms with Gasteiger partial charge in [0.2, 0.25) is 0 Å². The number of hydrogen-bond donors (Lipinski definition) is 2. The molecule has 0 amide bonds. The van der Waals surface area contributed by atoms with Gasteiger partial charge in [0.05, 0.1) is 12.6 Å². The van der Waals surface area contributed by atoms with Crippen LogP contribution >= 0.6 is 11.3 Å². The minimum absolute atomic E-state index is 0.203. The Balaban J connectivity index is 1.97. The number of rotatable bonds is 5. The summed E-state index contributed by atoms with van der Waals surface area (Å²) >= 11 is 1.69. The van der Waals surface area contributed by atoms with E-state index < -0.39 is 0 Å². The first-order valence-electron chi connectivity index (χ1n) is 4.65. The number of nitrogens with one attached hydrogen (secondary N) is 1. The van der Waals surface area contributed by atoms with Gasteiger partial charge < -0.3 is 10.4 Å². The van der Waals surface area contributed by atoms with Crippen molar-refractivity contribution in [1.82, 2.24) is 10.3 Å². The summed E-state index contributed by atoms with van der Waals surface area (Å²) in [5.74, 6) is 0.748. The molecule has 2 N–H and O–H groups in total. The molecule has 13 heavy (non-hydrogen) atoms.